The summed E-state index contributed by atoms with van der Waals surface area (Å²) in [5.74, 6) is -1.75. The third-order valence-electron chi connectivity index (χ3n) is 2.97. The predicted molar refractivity (Wildman–Crippen MR) is 56.9 cm³/mol. The molecule has 1 fully saturated rings. The average Bonchev–Trinajstić information content (AvgIpc) is 2.85. The normalized spacial score (nSPS) is 26.2. The third kappa shape index (κ3) is 1.84. The van der Waals surface area contributed by atoms with Gasteiger partial charge in [0.1, 0.15) is 12.4 Å². The van der Waals surface area contributed by atoms with Gasteiger partial charge < -0.3 is 14.3 Å². The van der Waals surface area contributed by atoms with Crippen molar-refractivity contribution in [1.82, 2.24) is 0 Å². The van der Waals surface area contributed by atoms with Gasteiger partial charge in [0, 0.05) is 5.92 Å². The van der Waals surface area contributed by atoms with Gasteiger partial charge in [0.2, 0.25) is 0 Å². The number of carboxylic acids is 1. The molecule has 1 N–H and O–H groups in total. The minimum atomic E-state index is -1.44. The largest absolute Gasteiger partial charge is 0.480 e. The first kappa shape index (κ1) is 11.4. The Labute approximate surface area is 97.7 Å². The molecule has 0 amide bonds. The van der Waals surface area contributed by atoms with Crippen molar-refractivity contribution in [2.45, 2.75) is 13.0 Å². The van der Waals surface area contributed by atoms with Crippen LogP contribution in [0.5, 0.6) is 0 Å². The quantitative estimate of drug-likeness (QED) is 0.477. The van der Waals surface area contributed by atoms with Crippen LogP contribution in [0.1, 0.15) is 12.2 Å². The van der Waals surface area contributed by atoms with E-state index in [9.17, 15) is 9.59 Å². The number of carbonyl (C=O) groups is 2. The van der Waals surface area contributed by atoms with E-state index in [1.165, 1.54) is 12.3 Å². The molecule has 2 atom stereocenters. The first-order chi connectivity index (χ1) is 8.11. The van der Waals surface area contributed by atoms with Gasteiger partial charge in [0.25, 0.3) is 0 Å². The number of hydrogen-bond donors (Lipinski definition) is 1. The number of allylic oxidation sites excluding steroid dienone is 1. The minimum absolute atomic E-state index is 0.0509. The van der Waals surface area contributed by atoms with Gasteiger partial charge in [-0.05, 0) is 18.6 Å². The first-order valence-electron chi connectivity index (χ1n) is 5.17. The summed E-state index contributed by atoms with van der Waals surface area (Å²) in [6.07, 6.45) is 3.19. The molecule has 1 aromatic rings. The number of esters is 1. The molecule has 1 aromatic heterocycles. The second-order valence-corrected chi connectivity index (χ2v) is 3.98. The summed E-state index contributed by atoms with van der Waals surface area (Å²) in [4.78, 5) is 22.8. The molecule has 90 valence electrons. The summed E-state index contributed by atoms with van der Waals surface area (Å²) >= 11 is 0. The second kappa shape index (κ2) is 4.08. The van der Waals surface area contributed by atoms with Crippen LogP contribution in [-0.4, -0.2) is 17.0 Å². The average molecular weight is 236 g/mol. The van der Waals surface area contributed by atoms with Crippen LogP contribution in [0, 0.1) is 11.3 Å². The Morgan fingerprint density at radius 1 is 1.71 bits per heavy atom. The molecule has 1 heterocycles. The van der Waals surface area contributed by atoms with Gasteiger partial charge in [-0.15, -0.1) is 6.58 Å². The van der Waals surface area contributed by atoms with E-state index in [-0.39, 0.29) is 18.9 Å². The molecule has 0 saturated heterocycles. The molecule has 0 aromatic carbocycles. The molecule has 0 bridgehead atoms. The van der Waals surface area contributed by atoms with Crippen molar-refractivity contribution < 1.29 is 23.8 Å². The van der Waals surface area contributed by atoms with Crippen molar-refractivity contribution >= 4 is 11.9 Å². The fraction of sp³-hybridized carbons (Fsp3) is 0.333. The maximum atomic E-state index is 11.7. The number of aliphatic carboxylic acids is 1. The van der Waals surface area contributed by atoms with Crippen LogP contribution in [0.2, 0.25) is 0 Å². The van der Waals surface area contributed by atoms with Crippen LogP contribution in [0.3, 0.4) is 0 Å². The summed E-state index contributed by atoms with van der Waals surface area (Å²) in [5.41, 5.74) is -1.44. The van der Waals surface area contributed by atoms with Gasteiger partial charge in [0.15, 0.2) is 5.41 Å². The number of rotatable bonds is 5. The minimum Gasteiger partial charge on any atom is -0.480 e. The van der Waals surface area contributed by atoms with Crippen molar-refractivity contribution in [3.05, 3.63) is 36.8 Å². The summed E-state index contributed by atoms with van der Waals surface area (Å²) in [6, 6.07) is 3.32. The number of furan rings is 1. The van der Waals surface area contributed by atoms with Gasteiger partial charge in [-0.3, -0.25) is 9.59 Å². The summed E-state index contributed by atoms with van der Waals surface area (Å²) in [7, 11) is 0. The SMILES string of the molecule is C=CC1CC1(C(=O)O)C(=O)OCc1ccco1. The first-order valence-corrected chi connectivity index (χ1v) is 5.17. The van der Waals surface area contributed by atoms with Gasteiger partial charge in [-0.1, -0.05) is 6.08 Å². The highest BCUT2D eigenvalue weighted by Gasteiger charge is 2.66. The van der Waals surface area contributed by atoms with E-state index >= 15 is 0 Å². The lowest BCUT2D eigenvalue weighted by atomic mass is 10.0. The Morgan fingerprint density at radius 3 is 2.94 bits per heavy atom. The lowest BCUT2D eigenvalue weighted by molar-refractivity contribution is -0.163. The van der Waals surface area contributed by atoms with Crippen molar-refractivity contribution in [3.8, 4) is 0 Å². The van der Waals surface area contributed by atoms with Crippen molar-refractivity contribution in [3.63, 3.8) is 0 Å². The highest BCUT2D eigenvalue weighted by molar-refractivity contribution is 6.03. The number of ether oxygens (including phenoxy) is 1. The van der Waals surface area contributed by atoms with E-state index in [4.69, 9.17) is 14.3 Å². The van der Waals surface area contributed by atoms with E-state index in [2.05, 4.69) is 6.58 Å². The van der Waals surface area contributed by atoms with Gasteiger partial charge in [-0.2, -0.15) is 0 Å². The maximum Gasteiger partial charge on any atom is 0.324 e. The highest BCUT2D eigenvalue weighted by atomic mass is 16.5. The molecule has 0 radical (unpaired) electrons. The van der Waals surface area contributed by atoms with Crippen LogP contribution in [0.15, 0.2) is 35.5 Å². The molecule has 2 rings (SSSR count). The highest BCUT2D eigenvalue weighted by Crippen LogP contribution is 2.54. The van der Waals surface area contributed by atoms with Gasteiger partial charge >= 0.3 is 11.9 Å². The smallest absolute Gasteiger partial charge is 0.324 e. The molecule has 0 aliphatic heterocycles. The van der Waals surface area contributed by atoms with E-state index in [0.717, 1.165) is 0 Å². The molecule has 0 spiro atoms. The fourth-order valence-electron chi connectivity index (χ4n) is 1.80. The van der Waals surface area contributed by atoms with Crippen LogP contribution >= 0.6 is 0 Å². The zero-order valence-corrected chi connectivity index (χ0v) is 9.09. The number of hydrogen-bond acceptors (Lipinski definition) is 4. The molecule has 17 heavy (non-hydrogen) atoms. The van der Waals surface area contributed by atoms with Crippen molar-refractivity contribution in [1.29, 1.82) is 0 Å². The fourth-order valence-corrected chi connectivity index (χ4v) is 1.80. The van der Waals surface area contributed by atoms with E-state index in [1.54, 1.807) is 12.1 Å². The molecule has 1 saturated carbocycles. The zero-order chi connectivity index (χ0) is 12.5. The van der Waals surface area contributed by atoms with Crippen LogP contribution in [0.25, 0.3) is 0 Å². The molecular weight excluding hydrogens is 224 g/mol. The monoisotopic (exact) mass is 236 g/mol. The topological polar surface area (TPSA) is 76.7 Å². The molecule has 1 aliphatic rings. The van der Waals surface area contributed by atoms with Crippen molar-refractivity contribution in [2.75, 3.05) is 0 Å². The molecular formula is C12H12O5. The Bertz CT molecular complexity index is 447. The third-order valence-corrected chi connectivity index (χ3v) is 2.97. The van der Waals surface area contributed by atoms with E-state index in [1.807, 2.05) is 0 Å². The Morgan fingerprint density at radius 2 is 2.47 bits per heavy atom. The number of carboxylic acid groups (broad SMARTS) is 1. The molecule has 5 heteroatoms. The Hall–Kier alpha value is -2.04. The van der Waals surface area contributed by atoms with Gasteiger partial charge in [0.05, 0.1) is 6.26 Å². The summed E-state index contributed by atoms with van der Waals surface area (Å²) in [5, 5.41) is 9.06. The molecule has 1 aliphatic carbocycles. The lowest BCUT2D eigenvalue weighted by Gasteiger charge is -2.10. The number of carbonyl (C=O) groups excluding carboxylic acids is 1. The maximum absolute atomic E-state index is 11.7. The lowest BCUT2D eigenvalue weighted by Crippen LogP contribution is -2.29. The van der Waals surface area contributed by atoms with Crippen LogP contribution < -0.4 is 0 Å². The zero-order valence-electron chi connectivity index (χ0n) is 9.09. The Balaban J connectivity index is 2.00. The molecule has 2 unspecified atom stereocenters. The van der Waals surface area contributed by atoms with E-state index < -0.39 is 17.4 Å². The molecule has 5 nitrogen and oxygen atoms in total. The summed E-state index contributed by atoms with van der Waals surface area (Å²) < 4.78 is 9.93. The predicted octanol–water partition coefficient (Wildman–Crippen LogP) is 1.60. The van der Waals surface area contributed by atoms with Gasteiger partial charge in [-0.25, -0.2) is 0 Å². The van der Waals surface area contributed by atoms with E-state index in [0.29, 0.717) is 5.76 Å². The van der Waals surface area contributed by atoms with Crippen LogP contribution in [0.4, 0.5) is 0 Å². The standard InChI is InChI=1S/C12H12O5/c1-2-8-6-12(8,10(13)14)11(15)17-7-9-4-3-5-16-9/h2-5,8H,1,6-7H2,(H,13,14). The van der Waals surface area contributed by atoms with Crippen molar-refractivity contribution in [2.24, 2.45) is 11.3 Å². The second-order valence-electron chi connectivity index (χ2n) is 3.98. The van der Waals surface area contributed by atoms with Crippen LogP contribution in [-0.2, 0) is 20.9 Å². The Kier molecular flexibility index (Phi) is 2.75. The summed E-state index contributed by atoms with van der Waals surface area (Å²) in [6.45, 7) is 3.45.